The van der Waals surface area contributed by atoms with Crippen molar-refractivity contribution in [1.29, 1.82) is 0 Å². The van der Waals surface area contributed by atoms with Crippen LogP contribution in [0.4, 0.5) is 8.78 Å². The van der Waals surface area contributed by atoms with Crippen molar-refractivity contribution < 1.29 is 8.78 Å². The molecule has 0 saturated carbocycles. The molecule has 0 aliphatic rings. The molecule has 0 spiro atoms. The molecule has 0 radical (unpaired) electrons. The summed E-state index contributed by atoms with van der Waals surface area (Å²) in [5.41, 5.74) is 1.80. The van der Waals surface area contributed by atoms with Crippen LogP contribution in [0.5, 0.6) is 0 Å². The van der Waals surface area contributed by atoms with Crippen LogP contribution in [0.15, 0.2) is 48.5 Å². The van der Waals surface area contributed by atoms with Gasteiger partial charge < -0.3 is 5.32 Å². The van der Waals surface area contributed by atoms with Crippen molar-refractivity contribution in [1.82, 2.24) is 5.32 Å². The summed E-state index contributed by atoms with van der Waals surface area (Å²) in [4.78, 5) is 0. The van der Waals surface area contributed by atoms with Gasteiger partial charge in [-0.2, -0.15) is 0 Å². The lowest BCUT2D eigenvalue weighted by molar-refractivity contribution is 0.373. The third-order valence-corrected chi connectivity index (χ3v) is 3.64. The highest BCUT2D eigenvalue weighted by atomic mass is 19.1. The number of benzene rings is 2. The third kappa shape index (κ3) is 4.11. The van der Waals surface area contributed by atoms with Gasteiger partial charge in [-0.05, 0) is 36.1 Å². The van der Waals surface area contributed by atoms with Gasteiger partial charge in [0.25, 0.3) is 0 Å². The highest BCUT2D eigenvalue weighted by molar-refractivity contribution is 5.23. The third-order valence-electron chi connectivity index (χ3n) is 3.64. The normalized spacial score (nSPS) is 14.2. The van der Waals surface area contributed by atoms with Crippen LogP contribution in [0.3, 0.4) is 0 Å². The Labute approximate surface area is 125 Å². The van der Waals surface area contributed by atoms with Gasteiger partial charge in [0.1, 0.15) is 11.6 Å². The molecule has 0 fully saturated rings. The van der Waals surface area contributed by atoms with E-state index in [2.05, 4.69) is 31.3 Å². The highest BCUT2D eigenvalue weighted by Gasteiger charge is 2.19. The van der Waals surface area contributed by atoms with Crippen molar-refractivity contribution in [2.24, 2.45) is 5.92 Å². The van der Waals surface area contributed by atoms with E-state index in [-0.39, 0.29) is 12.1 Å². The molecule has 2 aromatic rings. The molecule has 21 heavy (non-hydrogen) atoms. The van der Waals surface area contributed by atoms with Gasteiger partial charge in [-0.25, -0.2) is 8.78 Å². The van der Waals surface area contributed by atoms with Gasteiger partial charge in [0, 0.05) is 18.2 Å². The zero-order chi connectivity index (χ0) is 15.4. The van der Waals surface area contributed by atoms with Crippen molar-refractivity contribution in [3.8, 4) is 0 Å². The van der Waals surface area contributed by atoms with Gasteiger partial charge in [0.15, 0.2) is 0 Å². The van der Waals surface area contributed by atoms with Gasteiger partial charge in [-0.15, -0.1) is 0 Å². The molecule has 112 valence electrons. The molecule has 2 aromatic carbocycles. The van der Waals surface area contributed by atoms with Crippen LogP contribution < -0.4 is 5.32 Å². The van der Waals surface area contributed by atoms with E-state index in [1.54, 1.807) is 0 Å². The van der Waals surface area contributed by atoms with E-state index in [9.17, 15) is 8.78 Å². The predicted octanol–water partition coefficient (Wildman–Crippen LogP) is 5.01. The Bertz CT molecular complexity index is 561. The fourth-order valence-corrected chi connectivity index (χ4v) is 2.52. The Morgan fingerprint density at radius 3 is 1.90 bits per heavy atom. The second kappa shape index (κ2) is 6.81. The van der Waals surface area contributed by atoms with Crippen LogP contribution in [0.2, 0.25) is 0 Å². The van der Waals surface area contributed by atoms with Crippen LogP contribution >= 0.6 is 0 Å². The number of hydrogen-bond donors (Lipinski definition) is 1. The first kappa shape index (κ1) is 15.6. The Kier molecular flexibility index (Phi) is 5.07. The molecule has 0 aliphatic carbocycles. The van der Waals surface area contributed by atoms with Crippen LogP contribution in [0.1, 0.15) is 44.0 Å². The van der Waals surface area contributed by atoms with E-state index in [1.807, 2.05) is 25.1 Å². The summed E-state index contributed by atoms with van der Waals surface area (Å²) < 4.78 is 26.7. The average Bonchev–Trinajstić information content (AvgIpc) is 2.44. The molecular weight excluding hydrogens is 268 g/mol. The monoisotopic (exact) mass is 289 g/mol. The lowest BCUT2D eigenvalue weighted by Gasteiger charge is -2.27. The number of nitrogens with one attached hydrogen (secondary N) is 1. The fraction of sp³-hybridized carbons (Fsp3) is 0.333. The van der Waals surface area contributed by atoms with Crippen molar-refractivity contribution in [2.45, 2.75) is 32.9 Å². The second-order valence-electron chi connectivity index (χ2n) is 5.72. The second-order valence-corrected chi connectivity index (χ2v) is 5.72. The van der Waals surface area contributed by atoms with Crippen molar-refractivity contribution >= 4 is 0 Å². The first-order valence-electron chi connectivity index (χ1n) is 7.24. The lowest BCUT2D eigenvalue weighted by atomic mass is 9.94. The zero-order valence-corrected chi connectivity index (χ0v) is 12.6. The van der Waals surface area contributed by atoms with Gasteiger partial charge in [0.2, 0.25) is 0 Å². The molecule has 2 rings (SSSR count). The molecule has 3 heteroatoms. The maximum Gasteiger partial charge on any atom is 0.126 e. The van der Waals surface area contributed by atoms with Gasteiger partial charge in [-0.1, -0.05) is 44.2 Å². The minimum absolute atomic E-state index is 0.132. The van der Waals surface area contributed by atoms with Crippen LogP contribution in [0, 0.1) is 17.6 Å². The topological polar surface area (TPSA) is 12.0 Å². The van der Waals surface area contributed by atoms with Crippen LogP contribution in [0.25, 0.3) is 0 Å². The summed E-state index contributed by atoms with van der Waals surface area (Å²) in [7, 11) is 0. The summed E-state index contributed by atoms with van der Waals surface area (Å²) in [6.07, 6.45) is 0. The van der Waals surface area contributed by atoms with E-state index >= 15 is 0 Å². The van der Waals surface area contributed by atoms with Crippen molar-refractivity contribution in [2.75, 3.05) is 0 Å². The smallest absolute Gasteiger partial charge is 0.126 e. The average molecular weight is 289 g/mol. The molecule has 2 unspecified atom stereocenters. The molecular formula is C18H21F2N. The summed E-state index contributed by atoms with van der Waals surface area (Å²) in [6.45, 7) is 6.18. The van der Waals surface area contributed by atoms with E-state index in [0.29, 0.717) is 11.5 Å². The Morgan fingerprint density at radius 1 is 0.810 bits per heavy atom. The predicted molar refractivity (Wildman–Crippen MR) is 81.9 cm³/mol. The van der Waals surface area contributed by atoms with E-state index in [4.69, 9.17) is 0 Å². The standard InChI is InChI=1S/C18H21F2N/c1-12(2)18(14-7-5-4-6-8-14)21-13(3)15-9-16(19)11-17(20)10-15/h4-13,18,21H,1-3H3. The number of rotatable bonds is 5. The van der Waals surface area contributed by atoms with Gasteiger partial charge >= 0.3 is 0 Å². The Morgan fingerprint density at radius 2 is 1.38 bits per heavy atom. The summed E-state index contributed by atoms with van der Waals surface area (Å²) in [5.74, 6) is -0.716. The Hall–Kier alpha value is -1.74. The minimum Gasteiger partial charge on any atom is -0.303 e. The molecule has 1 N–H and O–H groups in total. The molecule has 0 bridgehead atoms. The Balaban J connectivity index is 2.20. The van der Waals surface area contributed by atoms with Gasteiger partial charge in [0.05, 0.1) is 0 Å². The van der Waals surface area contributed by atoms with E-state index in [1.165, 1.54) is 17.7 Å². The molecule has 0 aromatic heterocycles. The number of halogens is 2. The summed E-state index contributed by atoms with van der Waals surface area (Å²) >= 11 is 0. The van der Waals surface area contributed by atoms with Gasteiger partial charge in [-0.3, -0.25) is 0 Å². The molecule has 0 amide bonds. The van der Waals surface area contributed by atoms with Crippen LogP contribution in [-0.4, -0.2) is 0 Å². The maximum atomic E-state index is 13.3. The molecule has 2 atom stereocenters. The first-order chi connectivity index (χ1) is 9.97. The van der Waals surface area contributed by atoms with Crippen LogP contribution in [-0.2, 0) is 0 Å². The molecule has 0 saturated heterocycles. The van der Waals surface area contributed by atoms with E-state index < -0.39 is 11.6 Å². The fourth-order valence-electron chi connectivity index (χ4n) is 2.52. The minimum atomic E-state index is -0.542. The largest absolute Gasteiger partial charge is 0.303 e. The zero-order valence-electron chi connectivity index (χ0n) is 12.6. The van der Waals surface area contributed by atoms with Crippen molar-refractivity contribution in [3.05, 3.63) is 71.3 Å². The quantitative estimate of drug-likeness (QED) is 0.815. The SMILES string of the molecule is CC(NC(c1ccccc1)C(C)C)c1cc(F)cc(F)c1. The highest BCUT2D eigenvalue weighted by Crippen LogP contribution is 2.26. The number of hydrogen-bond acceptors (Lipinski definition) is 1. The first-order valence-corrected chi connectivity index (χ1v) is 7.24. The summed E-state index contributed by atoms with van der Waals surface area (Å²) in [6, 6.07) is 13.8. The maximum absolute atomic E-state index is 13.3. The lowest BCUT2D eigenvalue weighted by Crippen LogP contribution is -2.28. The molecule has 1 nitrogen and oxygen atoms in total. The van der Waals surface area contributed by atoms with E-state index in [0.717, 1.165) is 6.07 Å². The molecule has 0 aliphatic heterocycles. The molecule has 0 heterocycles. The summed E-state index contributed by atoms with van der Waals surface area (Å²) in [5, 5.41) is 3.47. The van der Waals surface area contributed by atoms with Crippen molar-refractivity contribution in [3.63, 3.8) is 0 Å².